The number of carboxylic acid groups (broad SMARTS) is 1. The minimum absolute atomic E-state index is 0.0518. The molecule has 2 aromatic heterocycles. The highest BCUT2D eigenvalue weighted by Crippen LogP contribution is 2.24. The van der Waals surface area contributed by atoms with Gasteiger partial charge in [-0.2, -0.15) is 0 Å². The van der Waals surface area contributed by atoms with Crippen LogP contribution in [0.5, 0.6) is 0 Å². The van der Waals surface area contributed by atoms with Crippen LogP contribution in [0.4, 0.5) is 0 Å². The van der Waals surface area contributed by atoms with Gasteiger partial charge in [0.05, 0.1) is 0 Å². The third-order valence-electron chi connectivity index (χ3n) is 1.88. The van der Waals surface area contributed by atoms with E-state index < -0.39 is 12.6 Å². The molecule has 0 amide bonds. The Bertz CT molecular complexity index is 558. The van der Waals surface area contributed by atoms with E-state index in [-0.39, 0.29) is 18.4 Å². The van der Waals surface area contributed by atoms with Crippen LogP contribution < -0.4 is 0 Å². The summed E-state index contributed by atoms with van der Waals surface area (Å²) in [6.07, 6.45) is 1.60. The monoisotopic (exact) mass is 313 g/mol. The second-order valence-corrected chi connectivity index (χ2v) is 4.08. The Balaban J connectivity index is 2.06. The Morgan fingerprint density at radius 3 is 3.06 bits per heavy atom. The van der Waals surface area contributed by atoms with E-state index in [1.54, 1.807) is 18.3 Å². The van der Waals surface area contributed by atoms with Gasteiger partial charge in [0.15, 0.2) is 0 Å². The largest absolute Gasteiger partial charge is 0.480 e. The Morgan fingerprint density at radius 2 is 2.33 bits per heavy atom. The maximum Gasteiger partial charge on any atom is 0.329 e. The summed E-state index contributed by atoms with van der Waals surface area (Å²) >= 11 is 3.31. The van der Waals surface area contributed by atoms with Crippen molar-refractivity contribution in [3.05, 3.63) is 28.7 Å². The van der Waals surface area contributed by atoms with E-state index in [2.05, 4.69) is 31.1 Å². The highest BCUT2D eigenvalue weighted by molar-refractivity contribution is 9.10. The number of ether oxygens (including phenoxy) is 1. The van der Waals surface area contributed by atoms with E-state index in [0.717, 1.165) is 4.47 Å². The molecule has 7 nitrogen and oxygen atoms in total. The van der Waals surface area contributed by atoms with Crippen LogP contribution in [0.2, 0.25) is 0 Å². The fourth-order valence-corrected chi connectivity index (χ4v) is 1.60. The Hall–Kier alpha value is -1.80. The van der Waals surface area contributed by atoms with Crippen molar-refractivity contribution in [2.45, 2.75) is 6.61 Å². The number of nitrogens with zero attached hydrogens (tertiary/aromatic N) is 3. The van der Waals surface area contributed by atoms with Crippen LogP contribution in [0.15, 0.2) is 27.2 Å². The third-order valence-corrected chi connectivity index (χ3v) is 2.52. The molecule has 0 fully saturated rings. The van der Waals surface area contributed by atoms with Gasteiger partial charge in [-0.15, -0.1) is 10.2 Å². The second-order valence-electron chi connectivity index (χ2n) is 3.22. The molecule has 1 N–H and O–H groups in total. The number of aliphatic carboxylic acids is 1. The molecular weight excluding hydrogens is 306 g/mol. The first-order chi connectivity index (χ1) is 8.66. The van der Waals surface area contributed by atoms with Crippen LogP contribution in [0.25, 0.3) is 11.6 Å². The van der Waals surface area contributed by atoms with Gasteiger partial charge in [-0.05, 0) is 28.1 Å². The highest BCUT2D eigenvalue weighted by atomic mass is 79.9. The first kappa shape index (κ1) is 12.7. The Kier molecular flexibility index (Phi) is 4.00. The third kappa shape index (κ3) is 3.11. The lowest BCUT2D eigenvalue weighted by molar-refractivity contribution is -0.142. The number of carbonyl (C=O) groups is 1. The summed E-state index contributed by atoms with van der Waals surface area (Å²) < 4.78 is 10.9. The molecule has 2 rings (SSSR count). The predicted octanol–water partition coefficient (Wildman–Crippen LogP) is 1.50. The number of carboxylic acids is 1. The van der Waals surface area contributed by atoms with Crippen molar-refractivity contribution >= 4 is 21.9 Å². The van der Waals surface area contributed by atoms with Crippen molar-refractivity contribution in [1.82, 2.24) is 15.2 Å². The van der Waals surface area contributed by atoms with Crippen molar-refractivity contribution in [2.75, 3.05) is 6.61 Å². The summed E-state index contributed by atoms with van der Waals surface area (Å²) in [6.45, 7) is -0.464. The van der Waals surface area contributed by atoms with E-state index in [4.69, 9.17) is 14.3 Å². The van der Waals surface area contributed by atoms with Crippen LogP contribution in [-0.4, -0.2) is 32.9 Å². The van der Waals surface area contributed by atoms with Crippen molar-refractivity contribution in [3.8, 4) is 11.6 Å². The molecule has 0 atom stereocenters. The van der Waals surface area contributed by atoms with Crippen molar-refractivity contribution in [1.29, 1.82) is 0 Å². The summed E-state index contributed by atoms with van der Waals surface area (Å²) in [6, 6.07) is 3.56. The first-order valence-corrected chi connectivity index (χ1v) is 5.69. The van der Waals surface area contributed by atoms with Gasteiger partial charge >= 0.3 is 5.97 Å². The molecule has 0 aliphatic heterocycles. The van der Waals surface area contributed by atoms with Gasteiger partial charge in [0.1, 0.15) is 18.9 Å². The van der Waals surface area contributed by atoms with Gasteiger partial charge in [0.25, 0.3) is 5.89 Å². The van der Waals surface area contributed by atoms with Crippen LogP contribution in [-0.2, 0) is 16.1 Å². The van der Waals surface area contributed by atoms with E-state index in [0.29, 0.717) is 5.69 Å². The second kappa shape index (κ2) is 5.69. The maximum absolute atomic E-state index is 10.3. The van der Waals surface area contributed by atoms with Gasteiger partial charge in [-0.25, -0.2) is 9.78 Å². The first-order valence-electron chi connectivity index (χ1n) is 4.89. The molecule has 18 heavy (non-hydrogen) atoms. The molecule has 0 saturated heterocycles. The standard InChI is InChI=1S/C10H8BrN3O4/c11-6-2-1-3-12-9(6)10-14-13-7(18-10)4-17-5-8(15)16/h1-3H,4-5H2,(H,15,16). The maximum atomic E-state index is 10.3. The van der Waals surface area contributed by atoms with E-state index in [1.807, 2.05) is 0 Å². The number of rotatable bonds is 5. The van der Waals surface area contributed by atoms with Gasteiger partial charge in [0.2, 0.25) is 5.89 Å². The molecule has 94 valence electrons. The van der Waals surface area contributed by atoms with Gasteiger partial charge < -0.3 is 14.3 Å². The van der Waals surface area contributed by atoms with Crippen molar-refractivity contribution < 1.29 is 19.1 Å². The zero-order valence-corrected chi connectivity index (χ0v) is 10.6. The lowest BCUT2D eigenvalue weighted by Crippen LogP contribution is -2.06. The molecule has 0 aliphatic carbocycles. The minimum Gasteiger partial charge on any atom is -0.480 e. The summed E-state index contributed by atoms with van der Waals surface area (Å²) in [5.41, 5.74) is 0.523. The summed E-state index contributed by atoms with van der Waals surface area (Å²) in [4.78, 5) is 14.3. The average Bonchev–Trinajstić information content (AvgIpc) is 2.78. The van der Waals surface area contributed by atoms with Gasteiger partial charge in [0, 0.05) is 10.7 Å². The molecule has 2 aromatic rings. The smallest absolute Gasteiger partial charge is 0.329 e. The lowest BCUT2D eigenvalue weighted by Gasteiger charge is -1.97. The summed E-state index contributed by atoms with van der Waals surface area (Å²) in [5.74, 6) is -0.609. The van der Waals surface area contributed by atoms with Crippen LogP contribution in [0.1, 0.15) is 5.89 Å². The topological polar surface area (TPSA) is 98.3 Å². The van der Waals surface area contributed by atoms with Gasteiger partial charge in [-0.3, -0.25) is 0 Å². The fraction of sp³-hybridized carbons (Fsp3) is 0.200. The fourth-order valence-electron chi connectivity index (χ4n) is 1.18. The van der Waals surface area contributed by atoms with Crippen LogP contribution in [0, 0.1) is 0 Å². The molecule has 0 unspecified atom stereocenters. The van der Waals surface area contributed by atoms with Gasteiger partial charge in [-0.1, -0.05) is 0 Å². The zero-order valence-electron chi connectivity index (χ0n) is 9.04. The molecule has 0 aliphatic rings. The van der Waals surface area contributed by atoms with Crippen molar-refractivity contribution in [2.24, 2.45) is 0 Å². The molecule has 0 bridgehead atoms. The Morgan fingerprint density at radius 1 is 1.50 bits per heavy atom. The SMILES string of the molecule is O=C(O)COCc1nnc(-c2ncccc2Br)o1. The molecule has 0 radical (unpaired) electrons. The predicted molar refractivity (Wildman–Crippen MR) is 62.5 cm³/mol. The number of pyridine rings is 1. The zero-order chi connectivity index (χ0) is 13.0. The molecule has 0 aromatic carbocycles. The van der Waals surface area contributed by atoms with Crippen LogP contribution >= 0.6 is 15.9 Å². The summed E-state index contributed by atoms with van der Waals surface area (Å²) in [7, 11) is 0. The molecule has 0 spiro atoms. The molecule has 2 heterocycles. The molecule has 0 saturated carbocycles. The number of hydrogen-bond donors (Lipinski definition) is 1. The molecular formula is C10H8BrN3O4. The Labute approximate surface area is 110 Å². The average molecular weight is 314 g/mol. The molecule has 8 heteroatoms. The van der Waals surface area contributed by atoms with Crippen LogP contribution in [0.3, 0.4) is 0 Å². The number of halogens is 1. The van der Waals surface area contributed by atoms with E-state index in [9.17, 15) is 4.79 Å². The lowest BCUT2D eigenvalue weighted by atomic mass is 10.3. The summed E-state index contributed by atoms with van der Waals surface area (Å²) in [5, 5.41) is 15.9. The van der Waals surface area contributed by atoms with E-state index >= 15 is 0 Å². The van der Waals surface area contributed by atoms with Crippen molar-refractivity contribution in [3.63, 3.8) is 0 Å². The highest BCUT2D eigenvalue weighted by Gasteiger charge is 2.12. The number of aromatic nitrogens is 3. The van der Waals surface area contributed by atoms with E-state index in [1.165, 1.54) is 0 Å². The quantitative estimate of drug-likeness (QED) is 0.892. The minimum atomic E-state index is -1.05. The number of hydrogen-bond acceptors (Lipinski definition) is 6. The normalized spacial score (nSPS) is 10.5.